The largest absolute Gasteiger partial charge is 0.380 e. The molecule has 0 bridgehead atoms. The Hall–Kier alpha value is -0.120. The van der Waals surface area contributed by atoms with Gasteiger partial charge in [-0.05, 0) is 51.4 Å². The Morgan fingerprint density at radius 3 is 2.82 bits per heavy atom. The van der Waals surface area contributed by atoms with Crippen molar-refractivity contribution in [3.8, 4) is 0 Å². The average Bonchev–Trinajstić information content (AvgIpc) is 2.35. The first kappa shape index (κ1) is 14.9. The third-order valence-corrected chi connectivity index (χ3v) is 3.85. The minimum atomic E-state index is 0.450. The minimum Gasteiger partial charge on any atom is -0.380 e. The second kappa shape index (κ2) is 8.90. The first-order chi connectivity index (χ1) is 8.27. The van der Waals surface area contributed by atoms with Crippen LogP contribution in [0.2, 0.25) is 0 Å². The molecular formula is C14H30N2O. The second-order valence-electron chi connectivity index (χ2n) is 5.25. The summed E-state index contributed by atoms with van der Waals surface area (Å²) in [6.45, 7) is 10.4. The van der Waals surface area contributed by atoms with Crippen LogP contribution in [0, 0.1) is 5.92 Å². The van der Waals surface area contributed by atoms with Gasteiger partial charge in [-0.1, -0.05) is 20.3 Å². The highest BCUT2D eigenvalue weighted by Crippen LogP contribution is 2.19. The van der Waals surface area contributed by atoms with Gasteiger partial charge in [0.15, 0.2) is 0 Å². The summed E-state index contributed by atoms with van der Waals surface area (Å²) in [6.07, 6.45) is 5.72. The fraction of sp³-hybridized carbons (Fsp3) is 1.00. The summed E-state index contributed by atoms with van der Waals surface area (Å²) < 4.78 is 5.54. The predicted octanol–water partition coefficient (Wildman–Crippen LogP) is 2.12. The lowest BCUT2D eigenvalue weighted by molar-refractivity contribution is -0.00524. The highest BCUT2D eigenvalue weighted by atomic mass is 16.5. The normalized spacial score (nSPS) is 26.3. The van der Waals surface area contributed by atoms with Gasteiger partial charge in [0.25, 0.3) is 0 Å². The van der Waals surface area contributed by atoms with Crippen LogP contribution in [0.15, 0.2) is 0 Å². The quantitative estimate of drug-likeness (QED) is 0.660. The van der Waals surface area contributed by atoms with Crippen LogP contribution in [0.3, 0.4) is 0 Å². The molecule has 3 nitrogen and oxygen atoms in total. The van der Waals surface area contributed by atoms with E-state index in [1.807, 2.05) is 7.11 Å². The lowest BCUT2D eigenvalue weighted by atomic mass is 9.95. The van der Waals surface area contributed by atoms with Gasteiger partial charge in [0, 0.05) is 13.7 Å². The zero-order valence-electron chi connectivity index (χ0n) is 11.9. The average molecular weight is 242 g/mol. The van der Waals surface area contributed by atoms with E-state index in [9.17, 15) is 0 Å². The van der Waals surface area contributed by atoms with E-state index >= 15 is 0 Å². The van der Waals surface area contributed by atoms with E-state index in [1.54, 1.807) is 0 Å². The zero-order chi connectivity index (χ0) is 12.5. The lowest BCUT2D eigenvalue weighted by Crippen LogP contribution is -2.44. The molecule has 2 unspecified atom stereocenters. The number of hydrogen-bond acceptors (Lipinski definition) is 3. The highest BCUT2D eigenvalue weighted by molar-refractivity contribution is 4.78. The van der Waals surface area contributed by atoms with Crippen molar-refractivity contribution in [3.05, 3.63) is 0 Å². The minimum absolute atomic E-state index is 0.450. The van der Waals surface area contributed by atoms with Gasteiger partial charge in [0.2, 0.25) is 0 Å². The Kier molecular flexibility index (Phi) is 7.82. The number of nitrogens with one attached hydrogen (secondary N) is 1. The topological polar surface area (TPSA) is 24.5 Å². The van der Waals surface area contributed by atoms with E-state index in [-0.39, 0.29) is 0 Å². The van der Waals surface area contributed by atoms with E-state index in [1.165, 1.54) is 45.3 Å². The van der Waals surface area contributed by atoms with Gasteiger partial charge in [0.1, 0.15) is 0 Å². The van der Waals surface area contributed by atoms with Gasteiger partial charge in [0.05, 0.1) is 6.10 Å². The van der Waals surface area contributed by atoms with Crippen molar-refractivity contribution in [3.63, 3.8) is 0 Å². The van der Waals surface area contributed by atoms with Crippen LogP contribution >= 0.6 is 0 Å². The third kappa shape index (κ3) is 5.84. The standard InChI is InChI=1S/C14H30N2O/c1-4-15-9-6-5-7-10-16-11-8-13(2)14(12-16)17-3/h13-15H,4-12H2,1-3H3. The molecule has 0 aromatic heterocycles. The van der Waals surface area contributed by atoms with Crippen molar-refractivity contribution in [2.24, 2.45) is 5.92 Å². The molecule has 102 valence electrons. The highest BCUT2D eigenvalue weighted by Gasteiger charge is 2.25. The van der Waals surface area contributed by atoms with Gasteiger partial charge in [-0.3, -0.25) is 0 Å². The zero-order valence-corrected chi connectivity index (χ0v) is 11.9. The summed E-state index contributed by atoms with van der Waals surface area (Å²) in [6, 6.07) is 0. The molecule has 3 heteroatoms. The van der Waals surface area contributed by atoms with E-state index in [0.29, 0.717) is 6.10 Å². The van der Waals surface area contributed by atoms with E-state index < -0.39 is 0 Å². The molecule has 1 heterocycles. The molecule has 0 aliphatic carbocycles. The Labute approximate surface area is 107 Å². The Bertz CT molecular complexity index is 187. The Balaban J connectivity index is 2.03. The summed E-state index contributed by atoms with van der Waals surface area (Å²) in [5, 5.41) is 3.38. The first-order valence-electron chi connectivity index (χ1n) is 7.23. The molecule has 0 spiro atoms. The number of unbranched alkanes of at least 4 members (excludes halogenated alkanes) is 2. The number of ether oxygens (including phenoxy) is 1. The molecule has 1 aliphatic heterocycles. The number of methoxy groups -OCH3 is 1. The third-order valence-electron chi connectivity index (χ3n) is 3.85. The molecule has 1 saturated heterocycles. The van der Waals surface area contributed by atoms with Gasteiger partial charge in [-0.25, -0.2) is 0 Å². The smallest absolute Gasteiger partial charge is 0.0724 e. The predicted molar refractivity (Wildman–Crippen MR) is 73.4 cm³/mol. The summed E-state index contributed by atoms with van der Waals surface area (Å²) in [7, 11) is 1.85. The van der Waals surface area contributed by atoms with Crippen molar-refractivity contribution in [2.75, 3.05) is 39.8 Å². The first-order valence-corrected chi connectivity index (χ1v) is 7.23. The van der Waals surface area contributed by atoms with Crippen LogP contribution in [-0.2, 0) is 4.74 Å². The van der Waals surface area contributed by atoms with Crippen molar-refractivity contribution in [1.82, 2.24) is 10.2 Å². The molecule has 1 rings (SSSR count). The summed E-state index contributed by atoms with van der Waals surface area (Å²) in [5.74, 6) is 0.727. The van der Waals surface area contributed by atoms with E-state index in [2.05, 4.69) is 24.1 Å². The summed E-state index contributed by atoms with van der Waals surface area (Å²) in [4.78, 5) is 2.57. The molecule has 0 amide bonds. The summed E-state index contributed by atoms with van der Waals surface area (Å²) >= 11 is 0. The fourth-order valence-corrected chi connectivity index (χ4v) is 2.55. The number of likely N-dealkylation sites (tertiary alicyclic amines) is 1. The maximum absolute atomic E-state index is 5.54. The van der Waals surface area contributed by atoms with Crippen LogP contribution in [0.25, 0.3) is 0 Å². The molecule has 1 fully saturated rings. The molecule has 2 atom stereocenters. The summed E-state index contributed by atoms with van der Waals surface area (Å²) in [5.41, 5.74) is 0. The molecule has 0 aromatic carbocycles. The second-order valence-corrected chi connectivity index (χ2v) is 5.25. The van der Waals surface area contributed by atoms with Crippen molar-refractivity contribution in [1.29, 1.82) is 0 Å². The number of rotatable bonds is 8. The number of nitrogens with zero attached hydrogens (tertiary/aromatic N) is 1. The molecule has 0 saturated carbocycles. The lowest BCUT2D eigenvalue weighted by Gasteiger charge is -2.36. The molecule has 0 aromatic rings. The van der Waals surface area contributed by atoms with Crippen LogP contribution in [0.1, 0.15) is 39.5 Å². The molecular weight excluding hydrogens is 212 g/mol. The van der Waals surface area contributed by atoms with Crippen LogP contribution in [0.4, 0.5) is 0 Å². The van der Waals surface area contributed by atoms with Crippen LogP contribution < -0.4 is 5.32 Å². The molecule has 1 aliphatic rings. The van der Waals surface area contributed by atoms with Crippen LogP contribution in [-0.4, -0.2) is 50.8 Å². The monoisotopic (exact) mass is 242 g/mol. The Morgan fingerprint density at radius 2 is 2.12 bits per heavy atom. The van der Waals surface area contributed by atoms with Crippen molar-refractivity contribution >= 4 is 0 Å². The van der Waals surface area contributed by atoms with E-state index in [0.717, 1.165) is 19.0 Å². The maximum atomic E-state index is 5.54. The van der Waals surface area contributed by atoms with Gasteiger partial charge in [-0.15, -0.1) is 0 Å². The van der Waals surface area contributed by atoms with Crippen molar-refractivity contribution in [2.45, 2.75) is 45.6 Å². The molecule has 0 radical (unpaired) electrons. The van der Waals surface area contributed by atoms with E-state index in [4.69, 9.17) is 4.74 Å². The van der Waals surface area contributed by atoms with Gasteiger partial charge < -0.3 is 15.0 Å². The van der Waals surface area contributed by atoms with Crippen molar-refractivity contribution < 1.29 is 4.74 Å². The SMILES string of the molecule is CCNCCCCCN1CCC(C)C(OC)C1. The number of piperidine rings is 1. The maximum Gasteiger partial charge on any atom is 0.0724 e. The molecule has 17 heavy (non-hydrogen) atoms. The number of hydrogen-bond donors (Lipinski definition) is 1. The van der Waals surface area contributed by atoms with Gasteiger partial charge in [-0.2, -0.15) is 0 Å². The Morgan fingerprint density at radius 1 is 1.29 bits per heavy atom. The van der Waals surface area contributed by atoms with Gasteiger partial charge >= 0.3 is 0 Å². The molecule has 1 N–H and O–H groups in total. The fourth-order valence-electron chi connectivity index (χ4n) is 2.55. The van der Waals surface area contributed by atoms with Crippen LogP contribution in [0.5, 0.6) is 0 Å².